The number of nitrogens with one attached hydrogen (secondary N) is 1. The van der Waals surface area contributed by atoms with E-state index in [9.17, 15) is 18.4 Å². The zero-order valence-electron chi connectivity index (χ0n) is 19.7. The lowest BCUT2D eigenvalue weighted by Gasteiger charge is -2.24. The standard InChI is InChI=1S/C27H23F2N5O2/c1-15-9-23-17(11-31-34(23)20-6-3-18(28)4-7-20)10-21(15)27-14-33(16(2)35)13-22(27)25(27)26(36)32-24-8-5-19(29)12-30-24/h3-12,22,25H,13-14H2,1-2H3,(H,30,32,36)/t22-,25?,27+/m1/s1. The fourth-order valence-electron chi connectivity index (χ4n) is 5.85. The minimum Gasteiger partial charge on any atom is -0.342 e. The van der Waals surface area contributed by atoms with Crippen molar-refractivity contribution in [2.75, 3.05) is 18.4 Å². The molecule has 0 bridgehead atoms. The third-order valence-corrected chi connectivity index (χ3v) is 7.57. The summed E-state index contributed by atoms with van der Waals surface area (Å²) in [5.41, 5.74) is 3.08. The number of benzene rings is 2. The van der Waals surface area contributed by atoms with Crippen LogP contribution < -0.4 is 5.32 Å². The molecule has 4 aromatic rings. The van der Waals surface area contributed by atoms with E-state index in [1.165, 1.54) is 24.3 Å². The number of nitrogens with zero attached hydrogens (tertiary/aromatic N) is 4. The fourth-order valence-corrected chi connectivity index (χ4v) is 5.85. The zero-order chi connectivity index (χ0) is 25.2. The van der Waals surface area contributed by atoms with E-state index in [1.807, 2.05) is 13.0 Å². The van der Waals surface area contributed by atoms with Crippen LogP contribution in [-0.2, 0) is 15.0 Å². The van der Waals surface area contributed by atoms with Crippen molar-refractivity contribution >= 4 is 28.5 Å². The lowest BCUT2D eigenvalue weighted by atomic mass is 9.88. The summed E-state index contributed by atoms with van der Waals surface area (Å²) in [6.45, 7) is 4.48. The molecule has 2 aliphatic rings. The van der Waals surface area contributed by atoms with Gasteiger partial charge < -0.3 is 10.2 Å². The highest BCUT2D eigenvalue weighted by molar-refractivity contribution is 5.97. The van der Waals surface area contributed by atoms with Crippen molar-refractivity contribution in [1.29, 1.82) is 0 Å². The van der Waals surface area contributed by atoms with Crippen molar-refractivity contribution in [2.45, 2.75) is 19.3 Å². The quantitative estimate of drug-likeness (QED) is 0.472. The van der Waals surface area contributed by atoms with Gasteiger partial charge in [-0.2, -0.15) is 5.10 Å². The maximum atomic E-state index is 13.4. The number of pyridine rings is 1. The molecule has 7 nitrogen and oxygen atoms in total. The van der Waals surface area contributed by atoms with E-state index in [1.54, 1.807) is 34.8 Å². The Bertz CT molecular complexity index is 1520. The van der Waals surface area contributed by atoms with Crippen LogP contribution in [0.1, 0.15) is 18.1 Å². The predicted molar refractivity (Wildman–Crippen MR) is 130 cm³/mol. The molecule has 6 rings (SSSR count). The first-order valence-corrected chi connectivity index (χ1v) is 11.7. The van der Waals surface area contributed by atoms with Gasteiger partial charge in [0.15, 0.2) is 0 Å². The molecule has 1 aliphatic heterocycles. The summed E-state index contributed by atoms with van der Waals surface area (Å²) in [5.74, 6) is -1.10. The summed E-state index contributed by atoms with van der Waals surface area (Å²) in [5, 5.41) is 8.22. The molecule has 2 aromatic carbocycles. The Labute approximate surface area is 205 Å². The lowest BCUT2D eigenvalue weighted by molar-refractivity contribution is -0.129. The molecule has 2 fully saturated rings. The highest BCUT2D eigenvalue weighted by Gasteiger charge is 2.73. The van der Waals surface area contributed by atoms with Gasteiger partial charge in [-0.25, -0.2) is 18.4 Å². The van der Waals surface area contributed by atoms with E-state index >= 15 is 0 Å². The zero-order valence-corrected chi connectivity index (χ0v) is 19.7. The van der Waals surface area contributed by atoms with Gasteiger partial charge in [0, 0.05) is 36.7 Å². The molecule has 182 valence electrons. The van der Waals surface area contributed by atoms with Crippen molar-refractivity contribution < 1.29 is 18.4 Å². The first-order valence-electron chi connectivity index (χ1n) is 11.7. The van der Waals surface area contributed by atoms with Gasteiger partial charge in [0.2, 0.25) is 11.8 Å². The van der Waals surface area contributed by atoms with Crippen LogP contribution in [0.25, 0.3) is 16.6 Å². The van der Waals surface area contributed by atoms with E-state index in [0.29, 0.717) is 13.1 Å². The van der Waals surface area contributed by atoms with Gasteiger partial charge in [0.25, 0.3) is 0 Å². The summed E-state index contributed by atoms with van der Waals surface area (Å²) in [6.07, 6.45) is 2.82. The summed E-state index contributed by atoms with van der Waals surface area (Å²) in [6, 6.07) is 12.9. The van der Waals surface area contributed by atoms with Crippen LogP contribution >= 0.6 is 0 Å². The first-order chi connectivity index (χ1) is 17.3. The molecule has 2 aromatic heterocycles. The molecular formula is C27H23F2N5O2. The van der Waals surface area contributed by atoms with E-state index in [-0.39, 0.29) is 35.3 Å². The highest BCUT2D eigenvalue weighted by atomic mass is 19.1. The number of amides is 2. The number of halogens is 2. The molecule has 2 amide bonds. The Balaban J connectivity index is 1.38. The van der Waals surface area contributed by atoms with Crippen molar-refractivity contribution in [3.05, 3.63) is 83.7 Å². The van der Waals surface area contributed by atoms with Gasteiger partial charge in [-0.1, -0.05) is 0 Å². The Morgan fingerprint density at radius 1 is 1.06 bits per heavy atom. The second-order valence-electron chi connectivity index (χ2n) is 9.63. The van der Waals surface area contributed by atoms with Gasteiger partial charge in [0.05, 0.1) is 29.5 Å². The minimum absolute atomic E-state index is 0.0243. The third kappa shape index (κ3) is 3.37. The van der Waals surface area contributed by atoms with Crippen LogP contribution in [-0.4, -0.2) is 44.6 Å². The summed E-state index contributed by atoms with van der Waals surface area (Å²) in [7, 11) is 0. The number of piperidine rings is 1. The Hall–Kier alpha value is -4.14. The number of aromatic nitrogens is 3. The summed E-state index contributed by atoms with van der Waals surface area (Å²) >= 11 is 0. The van der Waals surface area contributed by atoms with Gasteiger partial charge in [-0.15, -0.1) is 0 Å². The van der Waals surface area contributed by atoms with Gasteiger partial charge in [0.1, 0.15) is 17.5 Å². The maximum absolute atomic E-state index is 13.4. The molecule has 0 spiro atoms. The number of carbonyl (C=O) groups excluding carboxylic acids is 2. The van der Waals surface area contributed by atoms with Gasteiger partial charge in [-0.3, -0.25) is 9.59 Å². The average molecular weight is 488 g/mol. The molecule has 1 N–H and O–H groups in total. The minimum atomic E-state index is -0.522. The number of likely N-dealkylation sites (tertiary alicyclic amines) is 1. The van der Waals surface area contributed by atoms with Crippen LogP contribution in [0, 0.1) is 30.4 Å². The summed E-state index contributed by atoms with van der Waals surface area (Å²) < 4.78 is 28.4. The molecular weight excluding hydrogens is 464 g/mol. The molecule has 3 atom stereocenters. The molecule has 36 heavy (non-hydrogen) atoms. The topological polar surface area (TPSA) is 80.1 Å². The SMILES string of the molecule is CC(=O)N1C[C@@H]2C(C(=O)Nc3ccc(F)cn3)[C@]2(c2cc3cnn(-c4ccc(F)cc4)c3cc2C)C1. The van der Waals surface area contributed by atoms with Crippen LogP contribution in [0.2, 0.25) is 0 Å². The second kappa shape index (κ2) is 7.94. The van der Waals surface area contributed by atoms with Crippen molar-refractivity contribution in [3.63, 3.8) is 0 Å². The number of hydrogen-bond acceptors (Lipinski definition) is 4. The monoisotopic (exact) mass is 487 g/mol. The first kappa shape index (κ1) is 22.3. The van der Waals surface area contributed by atoms with E-state index < -0.39 is 11.2 Å². The molecule has 3 heterocycles. The summed E-state index contributed by atoms with van der Waals surface area (Å²) in [4.78, 5) is 31.3. The second-order valence-corrected chi connectivity index (χ2v) is 9.63. The largest absolute Gasteiger partial charge is 0.342 e. The van der Waals surface area contributed by atoms with Crippen LogP contribution in [0.3, 0.4) is 0 Å². The van der Waals surface area contributed by atoms with Gasteiger partial charge in [-0.05, 0) is 66.6 Å². The van der Waals surface area contributed by atoms with Crippen molar-refractivity contribution in [2.24, 2.45) is 11.8 Å². The van der Waals surface area contributed by atoms with E-state index in [4.69, 9.17) is 0 Å². The molecule has 1 saturated heterocycles. The number of anilines is 1. The normalized spacial score (nSPS) is 22.5. The number of hydrogen-bond donors (Lipinski definition) is 1. The Kier molecular flexibility index (Phi) is 4.93. The Morgan fingerprint density at radius 3 is 2.50 bits per heavy atom. The number of fused-ring (bicyclic) bond motifs is 2. The number of aryl methyl sites for hydroxylation is 1. The van der Waals surface area contributed by atoms with Crippen molar-refractivity contribution in [1.82, 2.24) is 19.7 Å². The molecule has 0 radical (unpaired) electrons. The van der Waals surface area contributed by atoms with E-state index in [2.05, 4.69) is 21.5 Å². The predicted octanol–water partition coefficient (Wildman–Crippen LogP) is 3.99. The fraction of sp³-hybridized carbons (Fsp3) is 0.259. The van der Waals surface area contributed by atoms with E-state index in [0.717, 1.165) is 33.9 Å². The average Bonchev–Trinajstić information content (AvgIpc) is 3.12. The molecule has 1 aliphatic carbocycles. The van der Waals surface area contributed by atoms with Gasteiger partial charge >= 0.3 is 0 Å². The highest BCUT2D eigenvalue weighted by Crippen LogP contribution is 2.65. The molecule has 9 heteroatoms. The number of carbonyl (C=O) groups is 2. The number of rotatable bonds is 4. The van der Waals surface area contributed by atoms with Crippen LogP contribution in [0.4, 0.5) is 14.6 Å². The van der Waals surface area contributed by atoms with Crippen LogP contribution in [0.15, 0.2) is 60.9 Å². The third-order valence-electron chi connectivity index (χ3n) is 7.57. The Morgan fingerprint density at radius 2 is 1.81 bits per heavy atom. The maximum Gasteiger partial charge on any atom is 0.230 e. The smallest absolute Gasteiger partial charge is 0.230 e. The molecule has 1 unspecified atom stereocenters. The van der Waals surface area contributed by atoms with Crippen LogP contribution in [0.5, 0.6) is 0 Å². The molecule has 1 saturated carbocycles. The lowest BCUT2D eigenvalue weighted by Crippen LogP contribution is -2.36. The van der Waals surface area contributed by atoms with Crippen molar-refractivity contribution in [3.8, 4) is 5.69 Å².